The predicted molar refractivity (Wildman–Crippen MR) is 122 cm³/mol. The summed E-state index contributed by atoms with van der Waals surface area (Å²) in [5.41, 5.74) is 3.46. The summed E-state index contributed by atoms with van der Waals surface area (Å²) in [7, 11) is 2.05. The quantitative estimate of drug-likeness (QED) is 0.622. The lowest BCUT2D eigenvalue weighted by Crippen LogP contribution is -2.47. The summed E-state index contributed by atoms with van der Waals surface area (Å²) in [6.07, 6.45) is -0.561. The Balaban J connectivity index is 1.43. The molecule has 1 amide bonds. The van der Waals surface area contributed by atoms with E-state index in [0.717, 1.165) is 42.8 Å². The van der Waals surface area contributed by atoms with Gasteiger partial charge < -0.3 is 19.9 Å². The first-order valence-electron chi connectivity index (χ1n) is 11.5. The maximum absolute atomic E-state index is 13.3. The molecule has 34 heavy (non-hydrogen) atoms. The number of nitrogens with one attached hydrogen (secondary N) is 1. The average Bonchev–Trinajstić information content (AvgIpc) is 3.15. The van der Waals surface area contributed by atoms with E-state index in [9.17, 15) is 18.0 Å². The number of likely N-dealkylation sites (N-methyl/N-ethyl adjacent to an activating group) is 1. The number of amides is 1. The molecule has 1 aromatic carbocycles. The van der Waals surface area contributed by atoms with Crippen molar-refractivity contribution in [3.05, 3.63) is 59.4 Å². The predicted octanol–water partition coefficient (Wildman–Crippen LogP) is 3.00. The van der Waals surface area contributed by atoms with Crippen molar-refractivity contribution < 1.29 is 22.7 Å². The number of nitrogens with zero attached hydrogens (tertiary/aromatic N) is 4. The van der Waals surface area contributed by atoms with Gasteiger partial charge in [0.25, 0.3) is 5.91 Å². The van der Waals surface area contributed by atoms with Crippen LogP contribution in [0.5, 0.6) is 5.75 Å². The van der Waals surface area contributed by atoms with Crippen LogP contribution in [0.15, 0.2) is 36.9 Å². The van der Waals surface area contributed by atoms with Gasteiger partial charge in [0.05, 0.1) is 6.54 Å². The van der Waals surface area contributed by atoms with E-state index in [2.05, 4.69) is 33.7 Å². The summed E-state index contributed by atoms with van der Waals surface area (Å²) in [4.78, 5) is 17.4. The smallest absolute Gasteiger partial charge is 0.406 e. The van der Waals surface area contributed by atoms with Gasteiger partial charge >= 0.3 is 6.36 Å². The highest BCUT2D eigenvalue weighted by atomic mass is 19.4. The molecule has 0 spiro atoms. The zero-order valence-corrected chi connectivity index (χ0v) is 19.3. The standard InChI is InChI=1S/C24H30F3N5O2/c1-3-10-32-21-9-6-18(28-16-17-4-7-19(8-5-17)34-24(25,26)27)15-20(21)22(29-32)23(33)31-13-11-30(2)12-14-31/h3-5,7-8,18,28H,1,6,9-16H2,2H3/t18-/m1/s1. The third kappa shape index (κ3) is 5.79. The maximum Gasteiger partial charge on any atom is 0.573 e. The van der Waals surface area contributed by atoms with E-state index in [4.69, 9.17) is 0 Å². The van der Waals surface area contributed by atoms with E-state index in [1.165, 1.54) is 12.1 Å². The fourth-order valence-electron chi connectivity index (χ4n) is 4.54. The number of alkyl halides is 3. The molecular formula is C24H30F3N5O2. The lowest BCUT2D eigenvalue weighted by Gasteiger charge is -2.32. The van der Waals surface area contributed by atoms with Gasteiger partial charge in [0.2, 0.25) is 0 Å². The number of fused-ring (bicyclic) bond motifs is 1. The Hall–Kier alpha value is -2.85. The van der Waals surface area contributed by atoms with E-state index < -0.39 is 6.36 Å². The molecule has 4 rings (SSSR count). The van der Waals surface area contributed by atoms with Gasteiger partial charge in [0.15, 0.2) is 5.69 Å². The SMILES string of the molecule is C=CCn1nc(C(=O)N2CCN(C)CC2)c2c1CC[C@@H](NCc1ccc(OC(F)(F)F)cc1)C2. The Kier molecular flexibility index (Phi) is 7.27. The second kappa shape index (κ2) is 10.2. The average molecular weight is 478 g/mol. The minimum Gasteiger partial charge on any atom is -0.406 e. The Morgan fingerprint density at radius 1 is 1.24 bits per heavy atom. The number of carbonyl (C=O) groups is 1. The highest BCUT2D eigenvalue weighted by Crippen LogP contribution is 2.27. The number of piperazine rings is 1. The molecule has 2 aromatic rings. The van der Waals surface area contributed by atoms with Crippen LogP contribution in [0.4, 0.5) is 13.2 Å². The van der Waals surface area contributed by atoms with Gasteiger partial charge in [-0.25, -0.2) is 0 Å². The molecule has 1 saturated heterocycles. The molecule has 0 saturated carbocycles. The second-order valence-electron chi connectivity index (χ2n) is 8.85. The van der Waals surface area contributed by atoms with Gasteiger partial charge in [0.1, 0.15) is 5.75 Å². The van der Waals surface area contributed by atoms with E-state index in [0.29, 0.717) is 38.3 Å². The molecule has 2 heterocycles. The molecule has 2 aliphatic rings. The van der Waals surface area contributed by atoms with Gasteiger partial charge in [-0.3, -0.25) is 9.48 Å². The monoisotopic (exact) mass is 477 g/mol. The molecule has 1 N–H and O–H groups in total. The molecule has 0 bridgehead atoms. The van der Waals surface area contributed by atoms with E-state index in [1.54, 1.807) is 18.2 Å². The number of allylic oxidation sites excluding steroid dienone is 1. The lowest BCUT2D eigenvalue weighted by atomic mass is 9.90. The Morgan fingerprint density at radius 3 is 2.59 bits per heavy atom. The second-order valence-corrected chi connectivity index (χ2v) is 8.85. The zero-order chi connectivity index (χ0) is 24.3. The van der Waals surface area contributed by atoms with Crippen LogP contribution in [0.3, 0.4) is 0 Å². The van der Waals surface area contributed by atoms with Crippen LogP contribution < -0.4 is 10.1 Å². The molecule has 1 aliphatic carbocycles. The number of hydrogen-bond donors (Lipinski definition) is 1. The highest BCUT2D eigenvalue weighted by Gasteiger charge is 2.32. The van der Waals surface area contributed by atoms with Crippen LogP contribution in [-0.4, -0.2) is 71.1 Å². The van der Waals surface area contributed by atoms with Gasteiger partial charge in [0, 0.05) is 50.0 Å². The summed E-state index contributed by atoms with van der Waals surface area (Å²) in [6, 6.07) is 6.00. The summed E-state index contributed by atoms with van der Waals surface area (Å²) < 4.78 is 42.9. The third-order valence-corrected chi connectivity index (χ3v) is 6.39. The molecule has 1 aliphatic heterocycles. The van der Waals surface area contributed by atoms with Crippen LogP contribution in [0, 0.1) is 0 Å². The number of ether oxygens (including phenoxy) is 1. The van der Waals surface area contributed by atoms with E-state index in [1.807, 2.05) is 9.58 Å². The van der Waals surface area contributed by atoms with Crippen molar-refractivity contribution >= 4 is 5.91 Å². The first-order valence-corrected chi connectivity index (χ1v) is 11.5. The first-order chi connectivity index (χ1) is 16.2. The molecular weight excluding hydrogens is 447 g/mol. The number of carbonyl (C=O) groups excluding carboxylic acids is 1. The largest absolute Gasteiger partial charge is 0.573 e. The summed E-state index contributed by atoms with van der Waals surface area (Å²) in [5.74, 6) is -0.256. The van der Waals surface area contributed by atoms with Crippen molar-refractivity contribution in [2.24, 2.45) is 0 Å². The molecule has 1 fully saturated rings. The van der Waals surface area contributed by atoms with Gasteiger partial charge in [-0.15, -0.1) is 19.8 Å². The van der Waals surface area contributed by atoms with Crippen LogP contribution in [-0.2, 0) is 25.9 Å². The van der Waals surface area contributed by atoms with Crippen LogP contribution in [0.2, 0.25) is 0 Å². The Labute approximate surface area is 197 Å². The van der Waals surface area contributed by atoms with Crippen molar-refractivity contribution in [3.8, 4) is 5.75 Å². The third-order valence-electron chi connectivity index (χ3n) is 6.39. The van der Waals surface area contributed by atoms with Crippen LogP contribution in [0.25, 0.3) is 0 Å². The first kappa shape index (κ1) is 24.3. The lowest BCUT2D eigenvalue weighted by molar-refractivity contribution is -0.274. The number of benzene rings is 1. The highest BCUT2D eigenvalue weighted by molar-refractivity contribution is 5.94. The molecule has 184 valence electrons. The Morgan fingerprint density at radius 2 is 1.94 bits per heavy atom. The molecule has 7 nitrogen and oxygen atoms in total. The molecule has 1 aromatic heterocycles. The fraction of sp³-hybridized carbons (Fsp3) is 0.500. The van der Waals surface area contributed by atoms with Crippen molar-refractivity contribution in [2.45, 2.75) is 44.8 Å². The van der Waals surface area contributed by atoms with Gasteiger partial charge in [-0.2, -0.15) is 5.10 Å². The molecule has 0 unspecified atom stereocenters. The normalized spacial score (nSPS) is 19.1. The minimum atomic E-state index is -4.70. The number of hydrogen-bond acceptors (Lipinski definition) is 5. The van der Waals surface area contributed by atoms with E-state index in [-0.39, 0.29) is 17.7 Å². The summed E-state index contributed by atoms with van der Waals surface area (Å²) in [5, 5.41) is 8.16. The van der Waals surface area contributed by atoms with Gasteiger partial charge in [-0.05, 0) is 44.0 Å². The number of aromatic nitrogens is 2. The fourth-order valence-corrected chi connectivity index (χ4v) is 4.54. The summed E-state index contributed by atoms with van der Waals surface area (Å²) in [6.45, 7) is 7.95. The van der Waals surface area contributed by atoms with E-state index >= 15 is 0 Å². The van der Waals surface area contributed by atoms with Crippen LogP contribution in [0.1, 0.15) is 33.7 Å². The van der Waals surface area contributed by atoms with Crippen molar-refractivity contribution in [1.82, 2.24) is 24.9 Å². The molecule has 1 atom stereocenters. The molecule has 10 heteroatoms. The van der Waals surface area contributed by atoms with Crippen LogP contribution >= 0.6 is 0 Å². The summed E-state index contributed by atoms with van der Waals surface area (Å²) >= 11 is 0. The van der Waals surface area contributed by atoms with Crippen molar-refractivity contribution in [1.29, 1.82) is 0 Å². The van der Waals surface area contributed by atoms with Crippen molar-refractivity contribution in [3.63, 3.8) is 0 Å². The Bertz CT molecular complexity index is 1010. The minimum absolute atomic E-state index is 0.0203. The molecule has 0 radical (unpaired) electrons. The van der Waals surface area contributed by atoms with Gasteiger partial charge in [-0.1, -0.05) is 18.2 Å². The maximum atomic E-state index is 13.3. The van der Waals surface area contributed by atoms with Crippen molar-refractivity contribution in [2.75, 3.05) is 33.2 Å². The zero-order valence-electron chi connectivity index (χ0n) is 19.3. The topological polar surface area (TPSA) is 62.6 Å². The number of rotatable bonds is 7. The number of halogens is 3.